The highest BCUT2D eigenvalue weighted by molar-refractivity contribution is 6.01. The van der Waals surface area contributed by atoms with E-state index < -0.39 is 291 Å². The molecule has 0 saturated carbocycles. The molecule has 0 rings (SSSR count). The van der Waals surface area contributed by atoms with Crippen molar-refractivity contribution in [2.24, 2.45) is 46.4 Å². The van der Waals surface area contributed by atoms with E-state index in [1.165, 1.54) is 0 Å². The number of aliphatic carboxylic acids is 4. The summed E-state index contributed by atoms with van der Waals surface area (Å²) in [5.41, 5.74) is 27.3. The summed E-state index contributed by atoms with van der Waals surface area (Å²) in [5.74, 6) is -24.7. The summed E-state index contributed by atoms with van der Waals surface area (Å²) in [4.78, 5) is 243. The highest BCUT2D eigenvalue weighted by atomic mass is 16.4. The summed E-state index contributed by atoms with van der Waals surface area (Å²) in [6.07, 6.45) is -9.48. The number of carboxylic acids is 4. The second-order valence-corrected chi connectivity index (χ2v) is 29.8. The van der Waals surface area contributed by atoms with E-state index in [1.54, 1.807) is 41.5 Å². The monoisotopic (exact) mass is 1730 g/mol. The highest BCUT2D eigenvalue weighted by Gasteiger charge is 2.39. The van der Waals surface area contributed by atoms with E-state index in [9.17, 15) is 112 Å². The van der Waals surface area contributed by atoms with E-state index >= 15 is 0 Å². The van der Waals surface area contributed by atoms with Crippen molar-refractivity contribution in [2.75, 3.05) is 32.8 Å². The van der Waals surface area contributed by atoms with Gasteiger partial charge < -0.3 is 150 Å². The molecular formula is C71H126N26O24. The molecule has 0 fully saturated rings. The van der Waals surface area contributed by atoms with Gasteiger partial charge in [0.1, 0.15) is 78.5 Å². The lowest BCUT2D eigenvalue weighted by Crippen LogP contribution is -2.61. The number of nitrogens with two attached hydrogens (primary N) is 5. The second-order valence-electron chi connectivity index (χ2n) is 29.8. The van der Waals surface area contributed by atoms with Crippen LogP contribution >= 0.6 is 0 Å². The summed E-state index contributed by atoms with van der Waals surface area (Å²) in [7, 11) is 0. The number of aliphatic hydroxyl groups excluding tert-OH is 2. The molecule has 50 heteroatoms. The van der Waals surface area contributed by atoms with Crippen molar-refractivity contribution >= 4 is 130 Å². The van der Waals surface area contributed by atoms with Crippen LogP contribution < -0.4 is 119 Å². The van der Waals surface area contributed by atoms with Crippen molar-refractivity contribution in [3.05, 3.63) is 0 Å². The van der Waals surface area contributed by atoms with Crippen LogP contribution in [0, 0.1) is 39.4 Å². The van der Waals surface area contributed by atoms with E-state index in [2.05, 4.69) is 90.4 Å². The van der Waals surface area contributed by atoms with Crippen LogP contribution in [-0.4, -0.2) is 278 Å². The molecular weight excluding hydrogens is 1600 g/mol. The molecule has 684 valence electrons. The lowest BCUT2D eigenvalue weighted by molar-refractivity contribution is -0.140. The number of rotatable bonds is 62. The number of carbonyl (C=O) groups is 18. The summed E-state index contributed by atoms with van der Waals surface area (Å²) in [6.45, 7) is 10.8. The maximum absolute atomic E-state index is 14.8. The Morgan fingerprint density at radius 3 is 0.678 bits per heavy atom. The number of carboxylic acid groups (broad SMARTS) is 4. The Balaban J connectivity index is 7.77. The van der Waals surface area contributed by atoms with Gasteiger partial charge in [-0.25, -0.2) is 0 Å². The minimum absolute atomic E-state index is 0.00551. The fraction of sp³-hybridized carbons (Fsp3) is 0.690. The van der Waals surface area contributed by atoms with Gasteiger partial charge in [0.15, 0.2) is 23.8 Å². The molecule has 0 spiro atoms. The van der Waals surface area contributed by atoms with Gasteiger partial charge in [-0.15, -0.1) is 0 Å². The predicted molar refractivity (Wildman–Crippen MR) is 431 cm³/mol. The van der Waals surface area contributed by atoms with Crippen molar-refractivity contribution in [1.82, 2.24) is 90.4 Å². The number of guanidine groups is 4. The standard InChI is InChI=1S/C71H126N26O24/c1-33(2)29-46(95-62(116)45(20-24-53(107)108)92-60(114)43(18-22-51(103)104)91-61(115)44(19-23-52(105)106)93-64(118)47(30-34(3)4)94-59(113)42(16-12-28-84-71(79)80)90-66(120)49(32-98)85-37(8)100)63(117)89-40(14-10-26-82-69(75)76)57(111)87-39(13-9-25-81-68(73)74)56(110)88-41(15-11-27-83-70(77)78)58(112)96-48(31-35(5)6)65(119)97-54(36(7)99)67(121)86-38(55(72)109)17-21-50(101)102/h33-36,38-49,54,98-99H,9-32H2,1-8H3,(H2,72,109)(H,85,100)(H,86,121)(H,87,111)(H,88,110)(H,89,117)(H,90,120)(H,91,115)(H,92,114)(H,93,118)(H,94,113)(H,95,116)(H,96,112)(H,97,119)(H,101,102)(H,103,104)(H,105,106)(H,107,108)(H4,73,74,81)(H4,75,76,82)(H4,77,78,83)(H4,79,80,84)/t36-,38+,39+,40+,41+,42+,43+,44+,45+,46+,47+,48+,49+,54+/m1/s1. The molecule has 0 bridgehead atoms. The number of aliphatic hydroxyl groups is 2. The average molecular weight is 1730 g/mol. The smallest absolute Gasteiger partial charge is 0.303 e. The molecule has 37 N–H and O–H groups in total. The van der Waals surface area contributed by atoms with Gasteiger partial charge in [0.2, 0.25) is 82.7 Å². The van der Waals surface area contributed by atoms with Gasteiger partial charge >= 0.3 is 23.9 Å². The normalized spacial score (nSPS) is 14.5. The maximum Gasteiger partial charge on any atom is 0.303 e. The Kier molecular flexibility index (Phi) is 51.6. The molecule has 0 radical (unpaired) electrons. The Hall–Kier alpha value is -12.5. The number of carbonyl (C=O) groups excluding carboxylic acids is 14. The zero-order chi connectivity index (χ0) is 92.5. The molecule has 14 atom stereocenters. The summed E-state index contributed by atoms with van der Waals surface area (Å²) in [6, 6.07) is -22.1. The third kappa shape index (κ3) is 48.2. The first-order valence-corrected chi connectivity index (χ1v) is 39.2. The first-order chi connectivity index (χ1) is 56.5. The van der Waals surface area contributed by atoms with E-state index in [1.807, 2.05) is 0 Å². The minimum Gasteiger partial charge on any atom is -0.481 e. The van der Waals surface area contributed by atoms with Gasteiger partial charge in [0.25, 0.3) is 0 Å². The van der Waals surface area contributed by atoms with Crippen LogP contribution in [0.2, 0.25) is 0 Å². The maximum atomic E-state index is 14.8. The first kappa shape index (κ1) is 108. The Labute approximate surface area is 698 Å². The SMILES string of the molecule is CC(=O)N[C@@H](CO)C(=O)N[C@@H](CCCNC(=N)N)C(=O)N[C@@H](CC(C)C)C(=O)N[C@@H](CCC(=O)O)C(=O)N[C@@H](CCC(=O)O)C(=O)N[C@@H](CCC(=O)O)C(=O)N[C@@H](CC(C)C)C(=O)N[C@@H](CCCNC(=N)N)C(=O)N[C@@H](CCCNC(=N)N)C(=O)N[C@@H](CCCNC(=N)N)C(=O)N[C@@H](CC(C)C)C(=O)N[C@H](C(=O)N[C@@H](CCC(=O)O)C(N)=O)[C@@H](C)O. The molecule has 0 aliphatic heterocycles. The van der Waals surface area contributed by atoms with Crippen LogP contribution in [0.1, 0.15) is 177 Å². The molecule has 0 aromatic carbocycles. The summed E-state index contributed by atoms with van der Waals surface area (Å²) >= 11 is 0. The molecule has 50 nitrogen and oxygen atoms in total. The number of amides is 14. The van der Waals surface area contributed by atoms with Crippen LogP contribution in [-0.2, 0) is 86.3 Å². The fourth-order valence-corrected chi connectivity index (χ4v) is 11.5. The second kappa shape index (κ2) is 57.6. The predicted octanol–water partition coefficient (Wildman–Crippen LogP) is -9.18. The zero-order valence-electron chi connectivity index (χ0n) is 69.2. The van der Waals surface area contributed by atoms with Crippen molar-refractivity contribution < 1.29 is 117 Å². The van der Waals surface area contributed by atoms with Crippen molar-refractivity contribution in [3.8, 4) is 0 Å². The van der Waals surface area contributed by atoms with Crippen LogP contribution in [0.5, 0.6) is 0 Å². The summed E-state index contributed by atoms with van der Waals surface area (Å²) < 4.78 is 0. The molecule has 0 unspecified atom stereocenters. The largest absolute Gasteiger partial charge is 0.481 e. The first-order valence-electron chi connectivity index (χ1n) is 39.2. The van der Waals surface area contributed by atoms with Crippen LogP contribution in [0.25, 0.3) is 0 Å². The zero-order valence-corrected chi connectivity index (χ0v) is 69.2. The highest BCUT2D eigenvalue weighted by Crippen LogP contribution is 2.16. The van der Waals surface area contributed by atoms with E-state index in [4.69, 9.17) is 55.4 Å². The number of primary amides is 1. The van der Waals surface area contributed by atoms with E-state index in [0.717, 1.165) is 13.8 Å². The molecule has 121 heavy (non-hydrogen) atoms. The Morgan fingerprint density at radius 2 is 0.479 bits per heavy atom. The Bertz CT molecular complexity index is 3570. The molecule has 0 aliphatic rings. The average Bonchev–Trinajstić information content (AvgIpc) is 0.940. The fourth-order valence-electron chi connectivity index (χ4n) is 11.5. The molecule has 0 saturated heterocycles. The number of hydrogen-bond donors (Lipinski definition) is 32. The third-order valence-electron chi connectivity index (χ3n) is 17.6. The van der Waals surface area contributed by atoms with Gasteiger partial charge in [-0.3, -0.25) is 108 Å². The van der Waals surface area contributed by atoms with Gasteiger partial charge in [0.05, 0.1) is 12.7 Å². The van der Waals surface area contributed by atoms with Crippen LogP contribution in [0.15, 0.2) is 0 Å². The van der Waals surface area contributed by atoms with E-state index in [-0.39, 0.29) is 96.8 Å². The summed E-state index contributed by atoms with van der Waals surface area (Å²) in [5, 5.41) is 131. The van der Waals surface area contributed by atoms with Gasteiger partial charge in [-0.05, 0) is 121 Å². The van der Waals surface area contributed by atoms with Crippen LogP contribution in [0.3, 0.4) is 0 Å². The van der Waals surface area contributed by atoms with Crippen LogP contribution in [0.4, 0.5) is 0 Å². The van der Waals surface area contributed by atoms with E-state index in [0.29, 0.717) is 0 Å². The molecule has 0 aromatic heterocycles. The molecule has 0 aromatic rings. The lowest BCUT2D eigenvalue weighted by Gasteiger charge is -2.29. The Morgan fingerprint density at radius 1 is 0.281 bits per heavy atom. The van der Waals surface area contributed by atoms with Gasteiger partial charge in [-0.2, -0.15) is 0 Å². The quantitative estimate of drug-likeness (QED) is 0.0153. The lowest BCUT2D eigenvalue weighted by atomic mass is 10.00. The number of hydrogen-bond acceptors (Lipinski definition) is 24. The minimum atomic E-state index is -2.01. The van der Waals surface area contributed by atoms with Gasteiger partial charge in [0, 0.05) is 58.8 Å². The molecule has 0 aliphatic carbocycles. The molecule has 14 amide bonds. The van der Waals surface area contributed by atoms with Gasteiger partial charge in [-0.1, -0.05) is 41.5 Å². The molecule has 0 heterocycles. The van der Waals surface area contributed by atoms with Crippen molar-refractivity contribution in [1.29, 1.82) is 21.6 Å². The number of nitrogens with one attached hydrogen (secondary N) is 21. The topological polar surface area (TPSA) is 859 Å². The third-order valence-corrected chi connectivity index (χ3v) is 17.6. The van der Waals surface area contributed by atoms with Crippen molar-refractivity contribution in [2.45, 2.75) is 262 Å². The van der Waals surface area contributed by atoms with Crippen molar-refractivity contribution in [3.63, 3.8) is 0 Å².